The van der Waals surface area contributed by atoms with Gasteiger partial charge in [-0.2, -0.15) is 0 Å². The average Bonchev–Trinajstić information content (AvgIpc) is 2.25. The molecule has 1 aromatic rings. The van der Waals surface area contributed by atoms with Crippen LogP contribution in [0.1, 0.15) is 19.4 Å². The van der Waals surface area contributed by atoms with Crippen molar-refractivity contribution in [2.75, 3.05) is 13.2 Å². The molecule has 0 amide bonds. The van der Waals surface area contributed by atoms with Gasteiger partial charge in [0.25, 0.3) is 0 Å². The topological polar surface area (TPSA) is 35.2 Å². The molecule has 1 rings (SSSR count). The van der Waals surface area contributed by atoms with E-state index >= 15 is 0 Å². The zero-order valence-corrected chi connectivity index (χ0v) is 9.44. The Morgan fingerprint density at radius 2 is 1.93 bits per heavy atom. The molecule has 0 aliphatic rings. The minimum Gasteiger partial charge on any atom is -0.493 e. The summed E-state index contributed by atoms with van der Waals surface area (Å²) in [7, 11) is 0. The van der Waals surface area contributed by atoms with Gasteiger partial charge in [0.15, 0.2) is 0 Å². The zero-order chi connectivity index (χ0) is 11.1. The predicted molar refractivity (Wildman–Crippen MR) is 64.9 cm³/mol. The summed E-state index contributed by atoms with van der Waals surface area (Å²) in [5, 5.41) is 0. The van der Waals surface area contributed by atoms with E-state index in [9.17, 15) is 0 Å². The molecular weight excluding hydrogens is 186 g/mol. The Morgan fingerprint density at radius 3 is 2.47 bits per heavy atom. The van der Waals surface area contributed by atoms with Gasteiger partial charge in [-0.1, -0.05) is 38.1 Å². The van der Waals surface area contributed by atoms with Gasteiger partial charge in [-0.3, -0.25) is 0 Å². The lowest BCUT2D eigenvalue weighted by molar-refractivity contribution is 0.271. The molecule has 2 heteroatoms. The van der Waals surface area contributed by atoms with E-state index < -0.39 is 0 Å². The van der Waals surface area contributed by atoms with Gasteiger partial charge in [0.1, 0.15) is 5.75 Å². The summed E-state index contributed by atoms with van der Waals surface area (Å²) in [6.45, 7) is 5.61. The lowest BCUT2D eigenvalue weighted by atomic mass is 10.2. The Kier molecular flexibility index (Phi) is 4.91. The molecule has 2 N–H and O–H groups in total. The summed E-state index contributed by atoms with van der Waals surface area (Å²) in [6, 6.07) is 8.03. The Morgan fingerprint density at radius 1 is 1.27 bits per heavy atom. The number of benzene rings is 1. The predicted octanol–water partition coefficient (Wildman–Crippen LogP) is 2.69. The second-order valence-electron chi connectivity index (χ2n) is 3.91. The summed E-state index contributed by atoms with van der Waals surface area (Å²) in [5.41, 5.74) is 6.53. The van der Waals surface area contributed by atoms with E-state index in [1.807, 2.05) is 36.4 Å². The summed E-state index contributed by atoms with van der Waals surface area (Å²) in [6.07, 6.45) is 3.94. The fourth-order valence-electron chi connectivity index (χ4n) is 1.14. The highest BCUT2D eigenvalue weighted by Crippen LogP contribution is 2.13. The fraction of sp³-hybridized carbons (Fsp3) is 0.385. The van der Waals surface area contributed by atoms with Gasteiger partial charge in [0.05, 0.1) is 6.61 Å². The number of rotatable bonds is 5. The highest BCUT2D eigenvalue weighted by Gasteiger charge is 1.96. The first kappa shape index (κ1) is 11.8. The SMILES string of the molecule is CC(C)COc1ccc(C=CCN)cc1. The Balaban J connectivity index is 2.52. The first-order valence-electron chi connectivity index (χ1n) is 5.32. The van der Waals surface area contributed by atoms with Gasteiger partial charge in [-0.25, -0.2) is 0 Å². The first-order chi connectivity index (χ1) is 7.22. The molecule has 0 aliphatic carbocycles. The minimum absolute atomic E-state index is 0.557. The van der Waals surface area contributed by atoms with Crippen LogP contribution >= 0.6 is 0 Å². The van der Waals surface area contributed by atoms with Crippen LogP contribution in [0.3, 0.4) is 0 Å². The highest BCUT2D eigenvalue weighted by molar-refractivity contribution is 5.50. The van der Waals surface area contributed by atoms with Crippen molar-refractivity contribution in [2.45, 2.75) is 13.8 Å². The minimum atomic E-state index is 0.557. The Bertz CT molecular complexity index is 301. The highest BCUT2D eigenvalue weighted by atomic mass is 16.5. The molecule has 0 saturated heterocycles. The third-order valence-electron chi connectivity index (χ3n) is 1.91. The quantitative estimate of drug-likeness (QED) is 0.802. The maximum atomic E-state index is 5.58. The molecule has 0 saturated carbocycles. The Hall–Kier alpha value is -1.28. The van der Waals surface area contributed by atoms with E-state index in [1.165, 1.54) is 0 Å². The smallest absolute Gasteiger partial charge is 0.119 e. The lowest BCUT2D eigenvalue weighted by Gasteiger charge is -2.08. The van der Waals surface area contributed by atoms with Gasteiger partial charge >= 0.3 is 0 Å². The van der Waals surface area contributed by atoms with E-state index in [0.717, 1.165) is 17.9 Å². The van der Waals surface area contributed by atoms with Crippen molar-refractivity contribution in [1.82, 2.24) is 0 Å². The number of hydrogen-bond donors (Lipinski definition) is 1. The van der Waals surface area contributed by atoms with E-state index in [4.69, 9.17) is 10.5 Å². The van der Waals surface area contributed by atoms with Crippen molar-refractivity contribution in [3.05, 3.63) is 35.9 Å². The van der Waals surface area contributed by atoms with Crippen molar-refractivity contribution >= 4 is 6.08 Å². The van der Waals surface area contributed by atoms with Crippen LogP contribution in [-0.2, 0) is 0 Å². The molecule has 15 heavy (non-hydrogen) atoms. The van der Waals surface area contributed by atoms with Gasteiger partial charge in [0.2, 0.25) is 0 Å². The van der Waals surface area contributed by atoms with Crippen LogP contribution in [0.2, 0.25) is 0 Å². The number of nitrogens with two attached hydrogens (primary N) is 1. The van der Waals surface area contributed by atoms with Crippen molar-refractivity contribution in [1.29, 1.82) is 0 Å². The molecule has 0 fully saturated rings. The van der Waals surface area contributed by atoms with Gasteiger partial charge in [-0.05, 0) is 23.6 Å². The standard InChI is InChI=1S/C13H19NO/c1-11(2)10-15-13-7-5-12(6-8-13)4-3-9-14/h3-8,11H,9-10,14H2,1-2H3. The Labute approximate surface area is 91.7 Å². The van der Waals surface area contributed by atoms with E-state index in [-0.39, 0.29) is 0 Å². The molecule has 2 nitrogen and oxygen atoms in total. The summed E-state index contributed by atoms with van der Waals surface area (Å²) in [4.78, 5) is 0. The van der Waals surface area contributed by atoms with Crippen LogP contribution in [0.4, 0.5) is 0 Å². The number of hydrogen-bond acceptors (Lipinski definition) is 2. The molecule has 0 spiro atoms. The third-order valence-corrected chi connectivity index (χ3v) is 1.91. The summed E-state index contributed by atoms with van der Waals surface area (Å²) < 4.78 is 5.58. The summed E-state index contributed by atoms with van der Waals surface area (Å²) in [5.74, 6) is 1.48. The van der Waals surface area contributed by atoms with Crippen LogP contribution in [-0.4, -0.2) is 13.2 Å². The lowest BCUT2D eigenvalue weighted by Crippen LogP contribution is -2.04. The van der Waals surface area contributed by atoms with Crippen molar-refractivity contribution in [3.63, 3.8) is 0 Å². The number of ether oxygens (including phenoxy) is 1. The molecular formula is C13H19NO. The van der Waals surface area contributed by atoms with Crippen LogP contribution in [0.25, 0.3) is 6.08 Å². The van der Waals surface area contributed by atoms with Gasteiger partial charge in [0, 0.05) is 6.54 Å². The molecule has 0 unspecified atom stereocenters. The summed E-state index contributed by atoms with van der Waals surface area (Å²) >= 11 is 0. The molecule has 0 heterocycles. The second-order valence-corrected chi connectivity index (χ2v) is 3.91. The molecule has 0 atom stereocenters. The van der Waals surface area contributed by atoms with Crippen molar-refractivity contribution in [2.24, 2.45) is 11.7 Å². The van der Waals surface area contributed by atoms with Crippen LogP contribution in [0.15, 0.2) is 30.3 Å². The molecule has 0 bridgehead atoms. The first-order valence-corrected chi connectivity index (χ1v) is 5.32. The maximum Gasteiger partial charge on any atom is 0.119 e. The average molecular weight is 205 g/mol. The molecule has 0 aromatic heterocycles. The van der Waals surface area contributed by atoms with E-state index in [2.05, 4.69) is 13.8 Å². The third kappa shape index (κ3) is 4.66. The normalized spacial score (nSPS) is 11.2. The zero-order valence-electron chi connectivity index (χ0n) is 9.44. The van der Waals surface area contributed by atoms with Gasteiger partial charge in [-0.15, -0.1) is 0 Å². The monoisotopic (exact) mass is 205 g/mol. The van der Waals surface area contributed by atoms with E-state index in [1.54, 1.807) is 0 Å². The molecule has 82 valence electrons. The maximum absolute atomic E-state index is 5.58. The van der Waals surface area contributed by atoms with Gasteiger partial charge < -0.3 is 10.5 Å². The largest absolute Gasteiger partial charge is 0.493 e. The van der Waals surface area contributed by atoms with Crippen molar-refractivity contribution < 1.29 is 4.74 Å². The van der Waals surface area contributed by atoms with Crippen LogP contribution in [0.5, 0.6) is 5.75 Å². The molecule has 0 aliphatic heterocycles. The second kappa shape index (κ2) is 6.25. The molecule has 1 aromatic carbocycles. The van der Waals surface area contributed by atoms with E-state index in [0.29, 0.717) is 12.5 Å². The van der Waals surface area contributed by atoms with Crippen molar-refractivity contribution in [3.8, 4) is 5.75 Å². The fourth-order valence-corrected chi connectivity index (χ4v) is 1.14. The van der Waals surface area contributed by atoms with Crippen LogP contribution in [0, 0.1) is 5.92 Å². The molecule has 0 radical (unpaired) electrons. The van der Waals surface area contributed by atoms with Crippen LogP contribution < -0.4 is 10.5 Å².